The Labute approximate surface area is 106 Å². The summed E-state index contributed by atoms with van der Waals surface area (Å²) in [5, 5.41) is 0. The van der Waals surface area contributed by atoms with Crippen molar-refractivity contribution in [3.8, 4) is 0 Å². The van der Waals surface area contributed by atoms with Crippen molar-refractivity contribution < 1.29 is 0 Å². The highest BCUT2D eigenvalue weighted by molar-refractivity contribution is 5.05. The zero-order valence-corrected chi connectivity index (χ0v) is 11.8. The number of piperidine rings is 1. The average Bonchev–Trinajstić information content (AvgIpc) is 2.72. The van der Waals surface area contributed by atoms with E-state index in [1.807, 2.05) is 0 Å². The molecule has 2 aliphatic heterocycles. The van der Waals surface area contributed by atoms with Crippen molar-refractivity contribution in [1.29, 1.82) is 0 Å². The van der Waals surface area contributed by atoms with Crippen LogP contribution in [0.1, 0.15) is 40.0 Å². The fourth-order valence-corrected chi connectivity index (χ4v) is 4.03. The van der Waals surface area contributed by atoms with E-state index < -0.39 is 0 Å². The molecular weight excluding hydrogens is 210 g/mol. The number of fused-ring (bicyclic) bond motifs is 2. The van der Waals surface area contributed by atoms with Crippen LogP contribution in [0, 0.1) is 5.92 Å². The molecule has 0 amide bonds. The molecule has 3 nitrogen and oxygen atoms in total. The normalized spacial score (nSPS) is 37.1. The highest BCUT2D eigenvalue weighted by Gasteiger charge is 2.49. The molecule has 100 valence electrons. The maximum absolute atomic E-state index is 6.23. The summed E-state index contributed by atoms with van der Waals surface area (Å²) in [6, 6.07) is 0.616. The molecule has 0 aromatic heterocycles. The van der Waals surface area contributed by atoms with Gasteiger partial charge in [0.1, 0.15) is 0 Å². The minimum Gasteiger partial charge on any atom is -0.329 e. The van der Waals surface area contributed by atoms with Gasteiger partial charge in [-0.1, -0.05) is 6.92 Å². The van der Waals surface area contributed by atoms with Gasteiger partial charge in [0.2, 0.25) is 0 Å². The van der Waals surface area contributed by atoms with Gasteiger partial charge in [-0.3, -0.25) is 4.90 Å². The maximum atomic E-state index is 6.23. The molecule has 3 heteroatoms. The summed E-state index contributed by atoms with van der Waals surface area (Å²) in [7, 11) is 0. The van der Waals surface area contributed by atoms with Crippen LogP contribution in [0.3, 0.4) is 0 Å². The summed E-state index contributed by atoms with van der Waals surface area (Å²) in [6.07, 6.45) is 3.85. The number of nitrogens with zero attached hydrogens (tertiary/aromatic N) is 2. The van der Waals surface area contributed by atoms with E-state index in [1.165, 1.54) is 45.4 Å². The van der Waals surface area contributed by atoms with Gasteiger partial charge >= 0.3 is 0 Å². The zero-order valence-electron chi connectivity index (χ0n) is 11.8. The molecule has 3 unspecified atom stereocenters. The molecule has 2 N–H and O–H groups in total. The summed E-state index contributed by atoms with van der Waals surface area (Å²) < 4.78 is 0. The number of hydrogen-bond acceptors (Lipinski definition) is 3. The largest absolute Gasteiger partial charge is 0.329 e. The van der Waals surface area contributed by atoms with E-state index in [9.17, 15) is 0 Å². The van der Waals surface area contributed by atoms with Gasteiger partial charge in [-0.2, -0.15) is 0 Å². The van der Waals surface area contributed by atoms with Crippen molar-refractivity contribution in [2.24, 2.45) is 11.7 Å². The van der Waals surface area contributed by atoms with Crippen LogP contribution in [0.4, 0.5) is 0 Å². The first kappa shape index (κ1) is 13.3. The molecule has 3 atom stereocenters. The Morgan fingerprint density at radius 1 is 1.41 bits per heavy atom. The fraction of sp³-hybridized carbons (Fsp3) is 1.00. The van der Waals surface area contributed by atoms with Gasteiger partial charge in [-0.25, -0.2) is 0 Å². The second-order valence-corrected chi connectivity index (χ2v) is 6.13. The summed E-state index contributed by atoms with van der Waals surface area (Å²) >= 11 is 0. The van der Waals surface area contributed by atoms with Gasteiger partial charge in [0.25, 0.3) is 0 Å². The first-order valence-electron chi connectivity index (χ1n) is 7.33. The molecule has 2 aliphatic rings. The van der Waals surface area contributed by atoms with E-state index in [0.29, 0.717) is 6.04 Å². The first-order chi connectivity index (χ1) is 8.14. The average molecular weight is 239 g/mol. The van der Waals surface area contributed by atoms with Crippen molar-refractivity contribution in [3.05, 3.63) is 0 Å². The third-order valence-electron chi connectivity index (χ3n) is 4.91. The van der Waals surface area contributed by atoms with Crippen LogP contribution < -0.4 is 5.73 Å². The number of nitrogens with two attached hydrogens (primary N) is 1. The molecule has 0 spiro atoms. The zero-order chi connectivity index (χ0) is 12.5. The summed E-state index contributed by atoms with van der Waals surface area (Å²) in [5.41, 5.74) is 6.52. The lowest BCUT2D eigenvalue weighted by molar-refractivity contribution is -0.0131. The van der Waals surface area contributed by atoms with Crippen molar-refractivity contribution in [2.45, 2.75) is 51.6 Å². The Kier molecular flexibility index (Phi) is 4.11. The lowest BCUT2D eigenvalue weighted by Gasteiger charge is -2.52. The monoisotopic (exact) mass is 239 g/mol. The van der Waals surface area contributed by atoms with E-state index >= 15 is 0 Å². The van der Waals surface area contributed by atoms with E-state index in [2.05, 4.69) is 30.6 Å². The Hall–Kier alpha value is -0.120. The van der Waals surface area contributed by atoms with Crippen LogP contribution in [0.25, 0.3) is 0 Å². The molecule has 0 aromatic carbocycles. The van der Waals surface area contributed by atoms with Gasteiger partial charge < -0.3 is 10.6 Å². The number of hydrogen-bond donors (Lipinski definition) is 1. The molecular formula is C14H29N3. The molecule has 0 aromatic rings. The quantitative estimate of drug-likeness (QED) is 0.790. The molecule has 17 heavy (non-hydrogen) atoms. The van der Waals surface area contributed by atoms with E-state index in [-0.39, 0.29) is 5.54 Å². The van der Waals surface area contributed by atoms with Crippen LogP contribution in [-0.4, -0.2) is 54.1 Å². The van der Waals surface area contributed by atoms with Gasteiger partial charge in [0, 0.05) is 24.7 Å². The molecule has 0 saturated carbocycles. The third-order valence-corrected chi connectivity index (χ3v) is 4.91. The molecule has 0 radical (unpaired) electrons. The van der Waals surface area contributed by atoms with Crippen LogP contribution in [0.5, 0.6) is 0 Å². The molecule has 0 aliphatic carbocycles. The lowest BCUT2D eigenvalue weighted by Crippen LogP contribution is -2.64. The van der Waals surface area contributed by atoms with Crippen LogP contribution >= 0.6 is 0 Å². The molecule has 2 fully saturated rings. The molecule has 2 bridgehead atoms. The second-order valence-electron chi connectivity index (χ2n) is 6.13. The predicted octanol–water partition coefficient (Wildman–Crippen LogP) is 1.53. The predicted molar refractivity (Wildman–Crippen MR) is 73.1 cm³/mol. The first-order valence-corrected chi connectivity index (χ1v) is 7.33. The molecule has 2 rings (SSSR count). The van der Waals surface area contributed by atoms with E-state index in [1.54, 1.807) is 0 Å². The Balaban J connectivity index is 2.21. The minimum absolute atomic E-state index is 0.289. The van der Waals surface area contributed by atoms with Crippen molar-refractivity contribution in [2.75, 3.05) is 32.7 Å². The highest BCUT2D eigenvalue weighted by Crippen LogP contribution is 2.40. The van der Waals surface area contributed by atoms with Crippen molar-refractivity contribution in [3.63, 3.8) is 0 Å². The fourth-order valence-electron chi connectivity index (χ4n) is 4.03. The maximum Gasteiger partial charge on any atom is 0.0387 e. The highest BCUT2D eigenvalue weighted by atomic mass is 15.3. The smallest absolute Gasteiger partial charge is 0.0387 e. The van der Waals surface area contributed by atoms with Gasteiger partial charge in [-0.05, 0) is 58.7 Å². The van der Waals surface area contributed by atoms with Crippen LogP contribution in [-0.2, 0) is 0 Å². The minimum atomic E-state index is 0.289. The van der Waals surface area contributed by atoms with Crippen LogP contribution in [0.15, 0.2) is 0 Å². The number of rotatable bonds is 5. The lowest BCUT2D eigenvalue weighted by atomic mass is 9.76. The SMILES string of the molecule is CCCN(C(C)C)C1(CN)CCN2CCC1C2. The van der Waals surface area contributed by atoms with Gasteiger partial charge in [0.05, 0.1) is 0 Å². The Bertz CT molecular complexity index is 254. The summed E-state index contributed by atoms with van der Waals surface area (Å²) in [4.78, 5) is 5.32. The summed E-state index contributed by atoms with van der Waals surface area (Å²) in [5.74, 6) is 0.801. The van der Waals surface area contributed by atoms with E-state index in [0.717, 1.165) is 12.5 Å². The standard InChI is InChI=1S/C14H29N3/c1-4-7-17(12(2)3)14(11-15)6-9-16-8-5-13(14)10-16/h12-13H,4-11,15H2,1-3H3. The Morgan fingerprint density at radius 2 is 2.18 bits per heavy atom. The topological polar surface area (TPSA) is 32.5 Å². The van der Waals surface area contributed by atoms with E-state index in [4.69, 9.17) is 5.73 Å². The van der Waals surface area contributed by atoms with Gasteiger partial charge in [0.15, 0.2) is 0 Å². The van der Waals surface area contributed by atoms with Crippen molar-refractivity contribution >= 4 is 0 Å². The van der Waals surface area contributed by atoms with Crippen LogP contribution in [0.2, 0.25) is 0 Å². The Morgan fingerprint density at radius 3 is 2.76 bits per heavy atom. The molecule has 2 saturated heterocycles. The van der Waals surface area contributed by atoms with Gasteiger partial charge in [-0.15, -0.1) is 0 Å². The summed E-state index contributed by atoms with van der Waals surface area (Å²) in [6.45, 7) is 12.8. The third kappa shape index (κ3) is 2.25. The van der Waals surface area contributed by atoms with Crippen molar-refractivity contribution in [1.82, 2.24) is 9.80 Å². The molecule has 2 heterocycles. The second kappa shape index (κ2) is 5.25.